The second-order valence-corrected chi connectivity index (χ2v) is 7.68. The quantitative estimate of drug-likeness (QED) is 0.795. The number of carbonyl (C=O) groups is 1. The molecule has 1 aliphatic rings. The van der Waals surface area contributed by atoms with Crippen LogP contribution < -0.4 is 4.74 Å². The van der Waals surface area contributed by atoms with Gasteiger partial charge in [-0.2, -0.15) is 0 Å². The predicted molar refractivity (Wildman–Crippen MR) is 112 cm³/mol. The van der Waals surface area contributed by atoms with E-state index in [1.54, 1.807) is 6.08 Å². The Morgan fingerprint density at radius 2 is 1.89 bits per heavy atom. The van der Waals surface area contributed by atoms with E-state index in [1.807, 2.05) is 59.5 Å². The first-order chi connectivity index (χ1) is 13.5. The van der Waals surface area contributed by atoms with Gasteiger partial charge in [0.15, 0.2) is 0 Å². The zero-order chi connectivity index (χ0) is 20.0. The summed E-state index contributed by atoms with van der Waals surface area (Å²) in [6, 6.07) is 15.8. The van der Waals surface area contributed by atoms with Crippen LogP contribution in [0.25, 0.3) is 6.08 Å². The maximum atomic E-state index is 12.5. The first kappa shape index (κ1) is 20.2. The highest BCUT2D eigenvalue weighted by Crippen LogP contribution is 2.25. The molecule has 0 aliphatic carbocycles. The highest BCUT2D eigenvalue weighted by atomic mass is 16.5. The van der Waals surface area contributed by atoms with Crippen LogP contribution in [0.4, 0.5) is 0 Å². The van der Waals surface area contributed by atoms with Crippen LogP contribution in [0.1, 0.15) is 36.0 Å². The van der Waals surface area contributed by atoms with Crippen molar-refractivity contribution in [3.05, 3.63) is 71.3 Å². The van der Waals surface area contributed by atoms with E-state index in [9.17, 15) is 9.90 Å². The minimum atomic E-state index is -0.906. The van der Waals surface area contributed by atoms with Gasteiger partial charge in [-0.15, -0.1) is 0 Å². The minimum Gasteiger partial charge on any atom is -0.491 e. The van der Waals surface area contributed by atoms with Gasteiger partial charge in [-0.25, -0.2) is 0 Å². The molecular formula is C24H29NO3. The predicted octanol–water partition coefficient (Wildman–Crippen LogP) is 4.14. The van der Waals surface area contributed by atoms with Crippen molar-refractivity contribution in [2.45, 2.75) is 38.7 Å². The molecule has 1 aliphatic heterocycles. The van der Waals surface area contributed by atoms with Crippen LogP contribution in [-0.2, 0) is 4.79 Å². The molecule has 0 aromatic heterocycles. The summed E-state index contributed by atoms with van der Waals surface area (Å²) >= 11 is 0. The molecule has 0 saturated carbocycles. The first-order valence-electron chi connectivity index (χ1n) is 9.90. The number of likely N-dealkylation sites (tertiary alicyclic amines) is 1. The summed E-state index contributed by atoms with van der Waals surface area (Å²) in [5.74, 6) is 0.766. The number of carbonyl (C=O) groups excluding carboxylic acids is 1. The topological polar surface area (TPSA) is 49.8 Å². The second-order valence-electron chi connectivity index (χ2n) is 7.68. The molecule has 4 nitrogen and oxygen atoms in total. The fraction of sp³-hybridized carbons (Fsp3) is 0.375. The van der Waals surface area contributed by atoms with Crippen LogP contribution in [0, 0.1) is 13.8 Å². The summed E-state index contributed by atoms with van der Waals surface area (Å²) in [7, 11) is 0. The van der Waals surface area contributed by atoms with Crippen molar-refractivity contribution in [3.8, 4) is 5.75 Å². The highest BCUT2D eigenvalue weighted by Gasteiger charge is 2.32. The molecule has 3 rings (SSSR count). The Morgan fingerprint density at radius 3 is 2.64 bits per heavy atom. The maximum absolute atomic E-state index is 12.5. The highest BCUT2D eigenvalue weighted by molar-refractivity contribution is 5.91. The Balaban J connectivity index is 1.55. The molecule has 1 N–H and O–H groups in total. The molecule has 0 spiro atoms. The van der Waals surface area contributed by atoms with Gasteiger partial charge in [0.25, 0.3) is 0 Å². The van der Waals surface area contributed by atoms with Gasteiger partial charge < -0.3 is 14.7 Å². The van der Waals surface area contributed by atoms with Gasteiger partial charge in [-0.3, -0.25) is 4.79 Å². The standard InChI is InChI=1S/C24H29NO3/c1-19-9-11-22(17-20(19)2)28-18-24(27)13-6-15-25(16-14-24)23(26)12-10-21-7-4-3-5-8-21/h3-5,7-12,17,27H,6,13-16,18H2,1-2H3/b12-10+. The van der Waals surface area contributed by atoms with E-state index in [-0.39, 0.29) is 12.5 Å². The summed E-state index contributed by atoms with van der Waals surface area (Å²) in [6.07, 6.45) is 5.36. The molecule has 0 bridgehead atoms. The lowest BCUT2D eigenvalue weighted by atomic mass is 9.96. The zero-order valence-electron chi connectivity index (χ0n) is 16.7. The van der Waals surface area contributed by atoms with Gasteiger partial charge >= 0.3 is 0 Å². The average molecular weight is 380 g/mol. The molecule has 4 heteroatoms. The third-order valence-electron chi connectivity index (χ3n) is 5.43. The number of hydrogen-bond donors (Lipinski definition) is 1. The van der Waals surface area contributed by atoms with Crippen LogP contribution in [-0.4, -0.2) is 41.2 Å². The fourth-order valence-electron chi connectivity index (χ4n) is 3.40. The fourth-order valence-corrected chi connectivity index (χ4v) is 3.40. The monoisotopic (exact) mass is 379 g/mol. The number of aliphatic hydroxyl groups is 1. The number of amides is 1. The summed E-state index contributed by atoms with van der Waals surface area (Å²) in [5.41, 5.74) is 2.49. The molecule has 148 valence electrons. The number of ether oxygens (including phenoxy) is 1. The summed E-state index contributed by atoms with van der Waals surface area (Å²) in [6.45, 7) is 5.55. The van der Waals surface area contributed by atoms with Gasteiger partial charge in [0.2, 0.25) is 5.91 Å². The normalized spacial score (nSPS) is 20.2. The molecule has 1 atom stereocenters. The number of rotatable bonds is 5. The molecule has 1 unspecified atom stereocenters. The van der Waals surface area contributed by atoms with Crippen molar-refractivity contribution >= 4 is 12.0 Å². The van der Waals surface area contributed by atoms with Crippen LogP contribution in [0.15, 0.2) is 54.6 Å². The number of benzene rings is 2. The lowest BCUT2D eigenvalue weighted by molar-refractivity contribution is -0.126. The lowest BCUT2D eigenvalue weighted by Gasteiger charge is -2.27. The largest absolute Gasteiger partial charge is 0.491 e. The van der Waals surface area contributed by atoms with E-state index >= 15 is 0 Å². The Labute approximate surface area is 167 Å². The van der Waals surface area contributed by atoms with Gasteiger partial charge in [-0.05, 0) is 68.0 Å². The van der Waals surface area contributed by atoms with E-state index in [4.69, 9.17) is 4.74 Å². The lowest BCUT2D eigenvalue weighted by Crippen LogP contribution is -2.38. The molecule has 28 heavy (non-hydrogen) atoms. The van der Waals surface area contributed by atoms with Crippen molar-refractivity contribution in [1.29, 1.82) is 0 Å². The zero-order valence-corrected chi connectivity index (χ0v) is 16.7. The average Bonchev–Trinajstić information content (AvgIpc) is 2.90. The summed E-state index contributed by atoms with van der Waals surface area (Å²) in [4.78, 5) is 14.3. The Hall–Kier alpha value is -2.59. The number of nitrogens with zero attached hydrogens (tertiary/aromatic N) is 1. The van der Waals surface area contributed by atoms with Crippen LogP contribution in [0.2, 0.25) is 0 Å². The van der Waals surface area contributed by atoms with E-state index < -0.39 is 5.60 Å². The number of hydrogen-bond acceptors (Lipinski definition) is 3. The Bertz CT molecular complexity index is 831. The first-order valence-corrected chi connectivity index (χ1v) is 9.90. The van der Waals surface area contributed by atoms with Crippen LogP contribution in [0.3, 0.4) is 0 Å². The van der Waals surface area contributed by atoms with Gasteiger partial charge in [-0.1, -0.05) is 36.4 Å². The van der Waals surface area contributed by atoms with E-state index in [1.165, 1.54) is 11.1 Å². The minimum absolute atomic E-state index is 0.0109. The second kappa shape index (κ2) is 9.07. The molecule has 1 saturated heterocycles. The van der Waals surface area contributed by atoms with E-state index in [2.05, 4.69) is 13.8 Å². The maximum Gasteiger partial charge on any atom is 0.246 e. The number of aryl methyl sites for hydroxylation is 2. The van der Waals surface area contributed by atoms with Crippen LogP contribution in [0.5, 0.6) is 5.75 Å². The summed E-state index contributed by atoms with van der Waals surface area (Å²) < 4.78 is 5.87. The molecule has 1 heterocycles. The van der Waals surface area contributed by atoms with Crippen LogP contribution >= 0.6 is 0 Å². The van der Waals surface area contributed by atoms with Gasteiger partial charge in [0, 0.05) is 19.2 Å². The third kappa shape index (κ3) is 5.46. The molecule has 2 aromatic carbocycles. The summed E-state index contributed by atoms with van der Waals surface area (Å²) in [5, 5.41) is 11.0. The van der Waals surface area contributed by atoms with Crippen molar-refractivity contribution in [2.24, 2.45) is 0 Å². The molecule has 0 radical (unpaired) electrons. The van der Waals surface area contributed by atoms with Crippen molar-refractivity contribution in [1.82, 2.24) is 4.90 Å². The van der Waals surface area contributed by atoms with Crippen molar-refractivity contribution in [3.63, 3.8) is 0 Å². The smallest absolute Gasteiger partial charge is 0.246 e. The molecule has 1 fully saturated rings. The SMILES string of the molecule is Cc1ccc(OCC2(O)CCCN(C(=O)/C=C/c3ccccc3)CC2)cc1C. The molecular weight excluding hydrogens is 350 g/mol. The Kier molecular flexibility index (Phi) is 6.53. The van der Waals surface area contributed by atoms with Gasteiger partial charge in [0.1, 0.15) is 18.0 Å². The van der Waals surface area contributed by atoms with Crippen molar-refractivity contribution < 1.29 is 14.6 Å². The third-order valence-corrected chi connectivity index (χ3v) is 5.43. The van der Waals surface area contributed by atoms with Gasteiger partial charge in [0.05, 0.1) is 0 Å². The molecule has 1 amide bonds. The molecule has 2 aromatic rings. The van der Waals surface area contributed by atoms with Crippen molar-refractivity contribution in [2.75, 3.05) is 19.7 Å². The van der Waals surface area contributed by atoms with E-state index in [0.717, 1.165) is 17.7 Å². The Morgan fingerprint density at radius 1 is 1.11 bits per heavy atom. The van der Waals surface area contributed by atoms with E-state index in [0.29, 0.717) is 25.9 Å².